The monoisotopic (exact) mass is 474 g/mol. The average molecular weight is 475 g/mol. The van der Waals surface area contributed by atoms with Crippen molar-refractivity contribution in [3.05, 3.63) is 0 Å². The van der Waals surface area contributed by atoms with Crippen molar-refractivity contribution in [3.63, 3.8) is 0 Å². The molecule has 0 aromatic rings. The second-order valence-corrected chi connectivity index (χ2v) is 8.23. The first-order valence-electron chi connectivity index (χ1n) is 10.9. The van der Waals surface area contributed by atoms with E-state index in [9.17, 15) is 29.1 Å². The van der Waals surface area contributed by atoms with Crippen LogP contribution in [0.1, 0.15) is 52.4 Å². The SMILES string of the molecule is CC(C)C[C@H](NC(=O)[C@H](CCC(N)=O)NC(=O)[C@H](CCCCN)NC(=O)[C@@H](N)CO)C(=O)O. The number of nitrogens with two attached hydrogens (primary N) is 3. The minimum Gasteiger partial charge on any atom is -0.480 e. The van der Waals surface area contributed by atoms with Gasteiger partial charge in [-0.25, -0.2) is 4.79 Å². The molecule has 0 unspecified atom stereocenters. The lowest BCUT2D eigenvalue weighted by atomic mass is 10.0. The van der Waals surface area contributed by atoms with Gasteiger partial charge in [0.2, 0.25) is 23.6 Å². The van der Waals surface area contributed by atoms with Crippen LogP contribution in [0.25, 0.3) is 0 Å². The van der Waals surface area contributed by atoms with Crippen LogP contribution in [-0.2, 0) is 24.0 Å². The summed E-state index contributed by atoms with van der Waals surface area (Å²) in [5, 5.41) is 25.7. The molecule has 13 nitrogen and oxygen atoms in total. The maximum Gasteiger partial charge on any atom is 0.326 e. The van der Waals surface area contributed by atoms with Crippen molar-refractivity contribution in [3.8, 4) is 0 Å². The third-order valence-corrected chi connectivity index (χ3v) is 4.75. The number of rotatable bonds is 17. The highest BCUT2D eigenvalue weighted by atomic mass is 16.4. The molecule has 33 heavy (non-hydrogen) atoms. The van der Waals surface area contributed by atoms with E-state index in [0.717, 1.165) is 0 Å². The molecule has 4 amide bonds. The van der Waals surface area contributed by atoms with Gasteiger partial charge in [-0.3, -0.25) is 19.2 Å². The first-order chi connectivity index (χ1) is 15.4. The summed E-state index contributed by atoms with van der Waals surface area (Å²) < 4.78 is 0. The summed E-state index contributed by atoms with van der Waals surface area (Å²) in [5.74, 6) is -4.25. The van der Waals surface area contributed by atoms with Crippen molar-refractivity contribution in [1.82, 2.24) is 16.0 Å². The second kappa shape index (κ2) is 15.9. The number of amides is 4. The normalized spacial score (nSPS) is 14.6. The first-order valence-corrected chi connectivity index (χ1v) is 10.9. The van der Waals surface area contributed by atoms with E-state index in [4.69, 9.17) is 22.3 Å². The summed E-state index contributed by atoms with van der Waals surface area (Å²) in [7, 11) is 0. The van der Waals surface area contributed by atoms with E-state index >= 15 is 0 Å². The fraction of sp³-hybridized carbons (Fsp3) is 0.750. The standard InChI is InChI=1S/C20H38N6O7/c1-11(2)9-15(20(32)33)26-19(31)14(6-7-16(23)28)25-18(30)13(5-3-4-8-21)24-17(29)12(22)10-27/h11-15,27H,3-10,21-22H2,1-2H3,(H2,23,28)(H,24,29)(H,25,30)(H,26,31)(H,32,33)/t12-,13-,14-,15-/m0/s1. The number of hydrogen-bond acceptors (Lipinski definition) is 8. The molecule has 0 saturated heterocycles. The van der Waals surface area contributed by atoms with Crippen LogP contribution in [0.2, 0.25) is 0 Å². The van der Waals surface area contributed by atoms with Crippen LogP contribution in [0.4, 0.5) is 0 Å². The molecule has 190 valence electrons. The Kier molecular flexibility index (Phi) is 14.6. The number of aliphatic carboxylic acids is 1. The highest BCUT2D eigenvalue weighted by Crippen LogP contribution is 2.08. The van der Waals surface area contributed by atoms with Gasteiger partial charge in [0.25, 0.3) is 0 Å². The van der Waals surface area contributed by atoms with Crippen LogP contribution in [0.3, 0.4) is 0 Å². The number of carbonyl (C=O) groups excluding carboxylic acids is 4. The van der Waals surface area contributed by atoms with Gasteiger partial charge >= 0.3 is 5.97 Å². The molecular weight excluding hydrogens is 436 g/mol. The van der Waals surface area contributed by atoms with E-state index in [1.165, 1.54) is 0 Å². The molecule has 0 aliphatic carbocycles. The Labute approximate surface area is 193 Å². The summed E-state index contributed by atoms with van der Waals surface area (Å²) in [6.45, 7) is 3.33. The lowest BCUT2D eigenvalue weighted by Gasteiger charge is -2.25. The van der Waals surface area contributed by atoms with Gasteiger partial charge < -0.3 is 43.4 Å². The van der Waals surface area contributed by atoms with Crippen molar-refractivity contribution in [2.45, 2.75) is 76.5 Å². The van der Waals surface area contributed by atoms with E-state index in [1.807, 2.05) is 0 Å². The molecule has 0 heterocycles. The van der Waals surface area contributed by atoms with Gasteiger partial charge in [-0.2, -0.15) is 0 Å². The summed E-state index contributed by atoms with van der Waals surface area (Å²) in [6, 6.07) is -4.78. The van der Waals surface area contributed by atoms with Gasteiger partial charge in [0, 0.05) is 6.42 Å². The van der Waals surface area contributed by atoms with Crippen molar-refractivity contribution in [2.75, 3.05) is 13.2 Å². The third kappa shape index (κ3) is 12.7. The van der Waals surface area contributed by atoms with E-state index in [0.29, 0.717) is 19.4 Å². The Bertz CT molecular complexity index is 673. The van der Waals surface area contributed by atoms with Crippen LogP contribution in [0, 0.1) is 5.92 Å². The summed E-state index contributed by atoms with van der Waals surface area (Å²) in [5.41, 5.74) is 16.1. The number of aliphatic hydroxyl groups is 1. The first kappa shape index (κ1) is 30.2. The number of carbonyl (C=O) groups is 5. The minimum atomic E-state index is -1.26. The number of primary amides is 1. The molecule has 0 fully saturated rings. The third-order valence-electron chi connectivity index (χ3n) is 4.75. The quantitative estimate of drug-likeness (QED) is 0.102. The molecule has 0 aromatic heterocycles. The topological polar surface area (TPSA) is 240 Å². The molecule has 0 aromatic carbocycles. The van der Waals surface area contributed by atoms with Gasteiger partial charge in [0.15, 0.2) is 0 Å². The highest BCUT2D eigenvalue weighted by molar-refractivity contribution is 5.94. The lowest BCUT2D eigenvalue weighted by Crippen LogP contribution is -2.57. The number of unbranched alkanes of at least 4 members (excludes halogenated alkanes) is 1. The Morgan fingerprint density at radius 1 is 0.848 bits per heavy atom. The van der Waals surface area contributed by atoms with Gasteiger partial charge in [0.1, 0.15) is 24.2 Å². The van der Waals surface area contributed by atoms with Gasteiger partial charge in [-0.05, 0) is 44.6 Å². The number of carboxylic acids is 1. The highest BCUT2D eigenvalue weighted by Gasteiger charge is 2.30. The fourth-order valence-corrected chi connectivity index (χ4v) is 2.92. The zero-order valence-electron chi connectivity index (χ0n) is 19.2. The number of aliphatic hydroxyl groups excluding tert-OH is 1. The molecule has 11 N–H and O–H groups in total. The summed E-state index contributed by atoms with van der Waals surface area (Å²) in [6.07, 6.45) is 1.00. The smallest absolute Gasteiger partial charge is 0.326 e. The molecule has 0 spiro atoms. The van der Waals surface area contributed by atoms with E-state index in [-0.39, 0.29) is 31.6 Å². The van der Waals surface area contributed by atoms with Gasteiger partial charge in [0.05, 0.1) is 6.61 Å². The Morgan fingerprint density at radius 3 is 1.82 bits per heavy atom. The van der Waals surface area contributed by atoms with Crippen LogP contribution < -0.4 is 33.2 Å². The Morgan fingerprint density at radius 2 is 1.36 bits per heavy atom. The number of hydrogen-bond donors (Lipinski definition) is 8. The largest absolute Gasteiger partial charge is 0.480 e. The minimum absolute atomic E-state index is 0.0251. The zero-order valence-corrected chi connectivity index (χ0v) is 19.2. The predicted octanol–water partition coefficient (Wildman–Crippen LogP) is -2.71. The summed E-state index contributed by atoms with van der Waals surface area (Å²) in [4.78, 5) is 60.4. The molecular formula is C20H38N6O7. The molecule has 0 rings (SSSR count). The van der Waals surface area contributed by atoms with Crippen molar-refractivity contribution in [1.29, 1.82) is 0 Å². The van der Waals surface area contributed by atoms with Crippen molar-refractivity contribution < 1.29 is 34.2 Å². The molecule has 13 heteroatoms. The van der Waals surface area contributed by atoms with Gasteiger partial charge in [-0.1, -0.05) is 13.8 Å². The van der Waals surface area contributed by atoms with E-state index in [2.05, 4.69) is 16.0 Å². The van der Waals surface area contributed by atoms with Crippen LogP contribution in [0.15, 0.2) is 0 Å². The van der Waals surface area contributed by atoms with Gasteiger partial charge in [-0.15, -0.1) is 0 Å². The molecule has 0 aliphatic heterocycles. The van der Waals surface area contributed by atoms with Crippen LogP contribution in [-0.4, -0.2) is 77.1 Å². The maximum atomic E-state index is 12.9. The van der Waals surface area contributed by atoms with E-state index < -0.39 is 60.4 Å². The molecule has 4 atom stereocenters. The molecule has 0 aliphatic rings. The average Bonchev–Trinajstić information content (AvgIpc) is 2.73. The predicted molar refractivity (Wildman–Crippen MR) is 119 cm³/mol. The zero-order chi connectivity index (χ0) is 25.6. The fourth-order valence-electron chi connectivity index (χ4n) is 2.92. The molecule has 0 radical (unpaired) electrons. The van der Waals surface area contributed by atoms with Crippen molar-refractivity contribution in [2.24, 2.45) is 23.1 Å². The number of carboxylic acid groups (broad SMARTS) is 1. The van der Waals surface area contributed by atoms with Crippen LogP contribution >= 0.6 is 0 Å². The molecule has 0 saturated carbocycles. The Hall–Kier alpha value is -2.77. The summed E-state index contributed by atoms with van der Waals surface area (Å²) >= 11 is 0. The van der Waals surface area contributed by atoms with Crippen LogP contribution in [0.5, 0.6) is 0 Å². The second-order valence-electron chi connectivity index (χ2n) is 8.23. The lowest BCUT2D eigenvalue weighted by molar-refractivity contribution is -0.143. The molecule has 0 bridgehead atoms. The maximum absolute atomic E-state index is 12.9. The number of nitrogens with one attached hydrogen (secondary N) is 3. The Balaban J connectivity index is 5.52. The van der Waals surface area contributed by atoms with E-state index in [1.54, 1.807) is 13.8 Å². The van der Waals surface area contributed by atoms with Crippen molar-refractivity contribution >= 4 is 29.6 Å².